The molecule has 11 heteroatoms. The predicted molar refractivity (Wildman–Crippen MR) is 47.4 cm³/mol. The van der Waals surface area contributed by atoms with E-state index < -0.39 is 7.81 Å². The molecule has 0 unspecified atom stereocenters. The predicted octanol–water partition coefficient (Wildman–Crippen LogP) is 4.67. The molecule has 0 amide bonds. The van der Waals surface area contributed by atoms with Gasteiger partial charge >= 0.3 is 84.0 Å². The molecule has 0 saturated carbocycles. The summed E-state index contributed by atoms with van der Waals surface area (Å²) in [6.07, 6.45) is 0. The van der Waals surface area contributed by atoms with Crippen molar-refractivity contribution in [3.63, 3.8) is 0 Å². The molecule has 0 saturated heterocycles. The van der Waals surface area contributed by atoms with Crippen LogP contribution in [0.3, 0.4) is 0 Å². The maximum absolute atomic E-state index is 10.7. The summed E-state index contributed by atoms with van der Waals surface area (Å²) < 4.78 is 81.7. The normalized spacial score (nSPS) is 10.9. The van der Waals surface area contributed by atoms with E-state index in [-0.39, 0.29) is 17.1 Å². The first kappa shape index (κ1) is 30.8. The van der Waals surface area contributed by atoms with E-state index in [0.717, 1.165) is 0 Å². The fourth-order valence-corrected chi connectivity index (χ4v) is 0.321. The molecule has 3 nitrogen and oxygen atoms in total. The summed E-state index contributed by atoms with van der Waals surface area (Å²) in [4.78, 5) is 0. The van der Waals surface area contributed by atoms with Crippen LogP contribution in [0.4, 0.5) is 25.2 Å². The summed E-state index contributed by atoms with van der Waals surface area (Å²) in [5.41, 5.74) is 0. The Kier molecular flexibility index (Phi) is 19.7. The van der Waals surface area contributed by atoms with Gasteiger partial charge in [0.1, 0.15) is 0 Å². The first-order valence-corrected chi connectivity index (χ1v) is 5.32. The Bertz CT molecular complexity index is 295. The van der Waals surface area contributed by atoms with Gasteiger partial charge in [0, 0.05) is 0 Å². The minimum Gasteiger partial charge on any atom is -0.214 e. The standard InChI is InChI=1S/C5H5.3CO.F6P.Fe/c1-2-4-5-3-1;3*1-2;1-7(2,3,4,5)6;/h1-5H;;;;;/q-1;;;;-1;+6. The topological polar surface area (TPSA) is 59.7 Å². The molecule has 0 bridgehead atoms. The molecule has 0 fully saturated rings. The zero-order valence-corrected chi connectivity index (χ0v) is 10.7. The van der Waals surface area contributed by atoms with Crippen molar-refractivity contribution < 1.29 is 56.2 Å². The summed E-state index contributed by atoms with van der Waals surface area (Å²) >= 11 is 0. The van der Waals surface area contributed by atoms with Crippen molar-refractivity contribution in [1.82, 2.24) is 0 Å². The van der Waals surface area contributed by atoms with Gasteiger partial charge < -0.3 is 0 Å². The molecule has 1 aromatic carbocycles. The Hall–Kier alpha value is -0.901. The van der Waals surface area contributed by atoms with Gasteiger partial charge in [0.05, 0.1) is 0 Å². The second-order valence-electron chi connectivity index (χ2n) is 1.92. The Morgan fingerprint density at radius 3 is 0.895 bits per heavy atom. The van der Waals surface area contributed by atoms with Gasteiger partial charge in [-0.25, -0.2) is 12.1 Å². The van der Waals surface area contributed by atoms with Gasteiger partial charge in [-0.05, 0) is 0 Å². The quantitative estimate of drug-likeness (QED) is 0.215. The van der Waals surface area contributed by atoms with Crippen LogP contribution < -0.4 is 0 Å². The second-order valence-corrected chi connectivity index (χ2v) is 3.84. The van der Waals surface area contributed by atoms with Gasteiger partial charge in [-0.15, -0.1) is 0 Å². The van der Waals surface area contributed by atoms with E-state index in [9.17, 15) is 25.2 Å². The Morgan fingerprint density at radius 1 is 0.684 bits per heavy atom. The fourth-order valence-electron chi connectivity index (χ4n) is 0.321. The van der Waals surface area contributed by atoms with Crippen LogP contribution in [0.2, 0.25) is 0 Å². The summed E-state index contributed by atoms with van der Waals surface area (Å²) in [6, 6.07) is 10.0. The molecule has 0 aromatic heterocycles. The van der Waals surface area contributed by atoms with E-state index in [4.69, 9.17) is 14.0 Å². The van der Waals surface area contributed by atoms with Gasteiger partial charge in [-0.1, -0.05) is 0 Å². The van der Waals surface area contributed by atoms with Crippen molar-refractivity contribution in [2.45, 2.75) is 0 Å². The van der Waals surface area contributed by atoms with Gasteiger partial charge in [0.2, 0.25) is 0 Å². The van der Waals surface area contributed by atoms with Gasteiger partial charge in [0.25, 0.3) is 0 Å². The molecule has 106 valence electrons. The van der Waals surface area contributed by atoms with Crippen molar-refractivity contribution in [3.05, 3.63) is 50.3 Å². The Balaban J connectivity index is -0.0000000482. The molecular weight excluding hydrogens is 345 g/mol. The van der Waals surface area contributed by atoms with Crippen LogP contribution in [0.5, 0.6) is 0 Å². The third-order valence-electron chi connectivity index (χ3n) is 0.556. The van der Waals surface area contributed by atoms with E-state index in [1.165, 1.54) is 0 Å². The van der Waals surface area contributed by atoms with Crippen LogP contribution in [0.25, 0.3) is 0 Å². The fraction of sp³-hybridized carbons (Fsp3) is 0. The molecule has 0 spiro atoms. The van der Waals surface area contributed by atoms with Gasteiger partial charge in [0.15, 0.2) is 0 Å². The maximum Gasteiger partial charge on any atom is 6.00 e. The maximum atomic E-state index is 9.87. The molecule has 0 aliphatic heterocycles. The summed E-state index contributed by atoms with van der Waals surface area (Å²) in [5.74, 6) is 0. The summed E-state index contributed by atoms with van der Waals surface area (Å²) in [5, 5.41) is 0. The van der Waals surface area contributed by atoms with Crippen molar-refractivity contribution >= 4 is 7.81 Å². The van der Waals surface area contributed by atoms with E-state index in [1.54, 1.807) is 0 Å². The van der Waals surface area contributed by atoms with Crippen molar-refractivity contribution in [1.29, 1.82) is 0 Å². The number of rotatable bonds is 0. The molecule has 0 atom stereocenters. The molecular formula is C8H5F6FeO3P+4. The summed E-state index contributed by atoms with van der Waals surface area (Å²) in [7, 11) is -10.7. The van der Waals surface area contributed by atoms with E-state index in [2.05, 4.69) is 20.0 Å². The van der Waals surface area contributed by atoms with Crippen LogP contribution in [0.15, 0.2) is 30.3 Å². The Labute approximate surface area is 115 Å². The first-order valence-electron chi connectivity index (χ1n) is 3.29. The minimum absolute atomic E-state index is 0. The third-order valence-corrected chi connectivity index (χ3v) is 0.556. The molecule has 0 heterocycles. The average Bonchev–Trinajstić information content (AvgIpc) is 2.79. The van der Waals surface area contributed by atoms with Crippen LogP contribution in [0, 0.1) is 20.0 Å². The average molecular weight is 350 g/mol. The minimum atomic E-state index is -10.7. The zero-order chi connectivity index (χ0) is 15.9. The number of hydrogen-bond donors (Lipinski definition) is 0. The monoisotopic (exact) mass is 350 g/mol. The molecule has 1 rings (SSSR count). The summed E-state index contributed by atoms with van der Waals surface area (Å²) in [6.45, 7) is 13.5. The van der Waals surface area contributed by atoms with E-state index in [0.29, 0.717) is 0 Å². The SMILES string of the molecule is F[P-](F)(F)(F)(F)F.[C-]#[O+].[C-]#[O+].[C-]#[O+].[Fe+6].c1cc[cH-]c1. The van der Waals surface area contributed by atoms with Crippen molar-refractivity contribution in [2.75, 3.05) is 0 Å². The largest absolute Gasteiger partial charge is 6.00 e. The van der Waals surface area contributed by atoms with Crippen molar-refractivity contribution in [3.8, 4) is 0 Å². The molecule has 0 radical (unpaired) electrons. The number of hydrogen-bond acceptors (Lipinski definition) is 0. The molecule has 19 heavy (non-hydrogen) atoms. The van der Waals surface area contributed by atoms with Crippen LogP contribution >= 0.6 is 7.81 Å². The Morgan fingerprint density at radius 2 is 0.842 bits per heavy atom. The van der Waals surface area contributed by atoms with Crippen LogP contribution in [-0.4, -0.2) is 0 Å². The first-order chi connectivity index (χ1) is 7.95. The zero-order valence-electron chi connectivity index (χ0n) is 8.68. The molecule has 0 aliphatic rings. The van der Waals surface area contributed by atoms with Crippen molar-refractivity contribution in [2.24, 2.45) is 0 Å². The third kappa shape index (κ3) is 232. The van der Waals surface area contributed by atoms with Crippen LogP contribution in [-0.2, 0) is 31.0 Å². The van der Waals surface area contributed by atoms with E-state index in [1.807, 2.05) is 30.3 Å². The molecule has 0 N–H and O–H groups in total. The smallest absolute Gasteiger partial charge is 0.214 e. The molecule has 0 aliphatic carbocycles. The van der Waals surface area contributed by atoms with Gasteiger partial charge in [-0.3, -0.25) is 0 Å². The van der Waals surface area contributed by atoms with E-state index >= 15 is 0 Å². The number of halogens is 6. The van der Waals surface area contributed by atoms with Gasteiger partial charge in [-0.2, -0.15) is 18.2 Å². The second kappa shape index (κ2) is 12.1. The molecule has 1 aromatic rings. The van der Waals surface area contributed by atoms with Crippen LogP contribution in [0.1, 0.15) is 0 Å².